The zero-order valence-electron chi connectivity index (χ0n) is 8.21. The molecule has 1 fully saturated rings. The number of piperidine rings is 1. The zero-order valence-corrected chi connectivity index (χ0v) is 8.21. The lowest BCUT2D eigenvalue weighted by molar-refractivity contribution is 0.173. The van der Waals surface area contributed by atoms with E-state index in [1.807, 2.05) is 0 Å². The Balaban J connectivity index is 2.26. The van der Waals surface area contributed by atoms with Gasteiger partial charge in [0.2, 0.25) is 0 Å². The summed E-state index contributed by atoms with van der Waals surface area (Å²) in [6, 6.07) is 0. The first-order chi connectivity index (χ1) is 5.74. The highest BCUT2D eigenvalue weighted by Gasteiger charge is 2.20. The maximum absolute atomic E-state index is 5.26. The van der Waals surface area contributed by atoms with Crippen molar-refractivity contribution in [3.8, 4) is 12.3 Å². The highest BCUT2D eigenvalue weighted by atomic mass is 15.1. The van der Waals surface area contributed by atoms with Crippen LogP contribution in [0.1, 0.15) is 26.7 Å². The fraction of sp³-hybridized carbons (Fsp3) is 0.818. The zero-order chi connectivity index (χ0) is 8.97. The summed E-state index contributed by atoms with van der Waals surface area (Å²) in [6.45, 7) is 7.88. The van der Waals surface area contributed by atoms with E-state index < -0.39 is 0 Å². The topological polar surface area (TPSA) is 3.24 Å². The van der Waals surface area contributed by atoms with Gasteiger partial charge >= 0.3 is 0 Å². The predicted molar refractivity (Wildman–Crippen MR) is 52.8 cm³/mol. The molecule has 0 aliphatic carbocycles. The Kier molecular flexibility index (Phi) is 3.62. The fourth-order valence-corrected chi connectivity index (χ4v) is 1.91. The summed E-state index contributed by atoms with van der Waals surface area (Å²) in [5, 5.41) is 0. The molecule has 0 aromatic carbocycles. The molecule has 0 atom stereocenters. The summed E-state index contributed by atoms with van der Waals surface area (Å²) in [5.41, 5.74) is 0. The molecule has 1 nitrogen and oxygen atoms in total. The molecule has 0 spiro atoms. The van der Waals surface area contributed by atoms with Crippen molar-refractivity contribution in [3.05, 3.63) is 0 Å². The molecule has 1 heteroatoms. The molecule has 1 rings (SSSR count). The average molecular weight is 165 g/mol. The number of hydrogen-bond donors (Lipinski definition) is 0. The minimum atomic E-state index is 0.838. The molecule has 0 radical (unpaired) electrons. The van der Waals surface area contributed by atoms with Gasteiger partial charge in [-0.1, -0.05) is 19.8 Å². The monoisotopic (exact) mass is 165 g/mol. The summed E-state index contributed by atoms with van der Waals surface area (Å²) >= 11 is 0. The maximum Gasteiger partial charge on any atom is 0.0598 e. The van der Waals surface area contributed by atoms with Crippen molar-refractivity contribution in [1.82, 2.24) is 4.90 Å². The van der Waals surface area contributed by atoms with Crippen LogP contribution in [0.4, 0.5) is 0 Å². The average Bonchev–Trinajstić information content (AvgIpc) is 2.06. The van der Waals surface area contributed by atoms with Gasteiger partial charge in [0, 0.05) is 0 Å². The van der Waals surface area contributed by atoms with Gasteiger partial charge < -0.3 is 0 Å². The summed E-state index contributed by atoms with van der Waals surface area (Å²) < 4.78 is 0. The molecule has 0 unspecified atom stereocenters. The number of hydrogen-bond acceptors (Lipinski definition) is 1. The van der Waals surface area contributed by atoms with E-state index >= 15 is 0 Å². The van der Waals surface area contributed by atoms with Crippen molar-refractivity contribution < 1.29 is 0 Å². The van der Waals surface area contributed by atoms with Crippen molar-refractivity contribution >= 4 is 0 Å². The Morgan fingerprint density at radius 3 is 2.42 bits per heavy atom. The normalized spacial score (nSPS) is 21.2. The van der Waals surface area contributed by atoms with Crippen LogP contribution in [0.3, 0.4) is 0 Å². The molecule has 1 aliphatic heterocycles. The van der Waals surface area contributed by atoms with Crippen LogP contribution < -0.4 is 0 Å². The lowest BCUT2D eigenvalue weighted by Gasteiger charge is -2.32. The van der Waals surface area contributed by atoms with Gasteiger partial charge in [0.1, 0.15) is 0 Å². The minimum absolute atomic E-state index is 0.838. The van der Waals surface area contributed by atoms with Crippen LogP contribution in [0.25, 0.3) is 0 Å². The second-order valence-electron chi connectivity index (χ2n) is 4.06. The Labute approximate surface area is 76.1 Å². The molecular weight excluding hydrogens is 146 g/mol. The van der Waals surface area contributed by atoms with Gasteiger partial charge in [-0.05, 0) is 37.8 Å². The molecule has 0 aromatic rings. The van der Waals surface area contributed by atoms with Crippen LogP contribution in [0.2, 0.25) is 0 Å². The van der Waals surface area contributed by atoms with Crippen molar-refractivity contribution in [1.29, 1.82) is 0 Å². The number of terminal acetylenes is 1. The van der Waals surface area contributed by atoms with Gasteiger partial charge in [-0.3, -0.25) is 4.90 Å². The van der Waals surface area contributed by atoms with Crippen molar-refractivity contribution in [2.45, 2.75) is 26.7 Å². The van der Waals surface area contributed by atoms with E-state index in [0.717, 1.165) is 18.4 Å². The lowest BCUT2D eigenvalue weighted by Crippen LogP contribution is -2.35. The van der Waals surface area contributed by atoms with E-state index in [1.165, 1.54) is 25.9 Å². The van der Waals surface area contributed by atoms with Crippen LogP contribution in [0, 0.1) is 24.2 Å². The van der Waals surface area contributed by atoms with Gasteiger partial charge in [-0.15, -0.1) is 6.42 Å². The van der Waals surface area contributed by atoms with E-state index in [1.54, 1.807) is 0 Å². The SMILES string of the molecule is C#CCN1CCC(C(C)C)CC1. The van der Waals surface area contributed by atoms with Crippen LogP contribution in [0.5, 0.6) is 0 Å². The summed E-state index contributed by atoms with van der Waals surface area (Å²) in [7, 11) is 0. The highest BCUT2D eigenvalue weighted by Crippen LogP contribution is 2.23. The summed E-state index contributed by atoms with van der Waals surface area (Å²) in [5.74, 6) is 4.48. The molecule has 0 bridgehead atoms. The van der Waals surface area contributed by atoms with E-state index in [9.17, 15) is 0 Å². The smallest absolute Gasteiger partial charge is 0.0598 e. The molecule has 0 amide bonds. The van der Waals surface area contributed by atoms with Crippen LogP contribution >= 0.6 is 0 Å². The Morgan fingerprint density at radius 1 is 1.42 bits per heavy atom. The third-order valence-corrected chi connectivity index (χ3v) is 2.89. The second-order valence-corrected chi connectivity index (χ2v) is 4.06. The summed E-state index contributed by atoms with van der Waals surface area (Å²) in [6.07, 6.45) is 7.93. The largest absolute Gasteiger partial charge is 0.292 e. The van der Waals surface area contributed by atoms with E-state index in [4.69, 9.17) is 6.42 Å². The van der Waals surface area contributed by atoms with E-state index in [-0.39, 0.29) is 0 Å². The van der Waals surface area contributed by atoms with Gasteiger partial charge in [-0.2, -0.15) is 0 Å². The fourth-order valence-electron chi connectivity index (χ4n) is 1.91. The van der Waals surface area contributed by atoms with Gasteiger partial charge in [0.05, 0.1) is 6.54 Å². The first kappa shape index (κ1) is 9.61. The van der Waals surface area contributed by atoms with Crippen molar-refractivity contribution in [2.75, 3.05) is 19.6 Å². The van der Waals surface area contributed by atoms with Crippen LogP contribution in [-0.4, -0.2) is 24.5 Å². The van der Waals surface area contributed by atoms with Crippen LogP contribution in [0.15, 0.2) is 0 Å². The lowest BCUT2D eigenvalue weighted by atomic mass is 9.87. The standard InChI is InChI=1S/C11H19N/c1-4-7-12-8-5-11(6-9-12)10(2)3/h1,10-11H,5-9H2,2-3H3. The van der Waals surface area contributed by atoms with Gasteiger partial charge in [-0.25, -0.2) is 0 Å². The van der Waals surface area contributed by atoms with E-state index in [0.29, 0.717) is 0 Å². The Hall–Kier alpha value is -0.480. The maximum atomic E-state index is 5.26. The number of nitrogens with zero attached hydrogens (tertiary/aromatic N) is 1. The molecule has 68 valence electrons. The number of likely N-dealkylation sites (tertiary alicyclic amines) is 1. The molecule has 1 aliphatic rings. The van der Waals surface area contributed by atoms with Crippen molar-refractivity contribution in [2.24, 2.45) is 11.8 Å². The quantitative estimate of drug-likeness (QED) is 0.566. The molecule has 1 heterocycles. The summed E-state index contributed by atoms with van der Waals surface area (Å²) in [4.78, 5) is 2.37. The first-order valence-electron chi connectivity index (χ1n) is 4.90. The van der Waals surface area contributed by atoms with E-state index in [2.05, 4.69) is 24.7 Å². The third-order valence-electron chi connectivity index (χ3n) is 2.89. The molecule has 0 aromatic heterocycles. The highest BCUT2D eigenvalue weighted by molar-refractivity contribution is 4.89. The Bertz CT molecular complexity index is 158. The minimum Gasteiger partial charge on any atom is -0.292 e. The van der Waals surface area contributed by atoms with Crippen molar-refractivity contribution in [3.63, 3.8) is 0 Å². The molecule has 0 N–H and O–H groups in total. The molecule has 1 saturated heterocycles. The molecule has 0 saturated carbocycles. The van der Waals surface area contributed by atoms with Gasteiger partial charge in [0.25, 0.3) is 0 Å². The Morgan fingerprint density at radius 2 is 2.00 bits per heavy atom. The number of rotatable bonds is 2. The van der Waals surface area contributed by atoms with Crippen LogP contribution in [-0.2, 0) is 0 Å². The molecular formula is C11H19N. The molecule has 12 heavy (non-hydrogen) atoms. The first-order valence-corrected chi connectivity index (χ1v) is 4.90. The predicted octanol–water partition coefficient (Wildman–Crippen LogP) is 1.99. The second kappa shape index (κ2) is 4.52. The van der Waals surface area contributed by atoms with Gasteiger partial charge in [0.15, 0.2) is 0 Å². The third kappa shape index (κ3) is 2.53.